The van der Waals surface area contributed by atoms with Crippen LogP contribution >= 0.6 is 11.6 Å². The van der Waals surface area contributed by atoms with Crippen molar-refractivity contribution in [3.8, 4) is 5.75 Å². The van der Waals surface area contributed by atoms with Gasteiger partial charge in [0.2, 0.25) is 11.8 Å². The molecular formula is C13H16ClN3O4. The Hall–Kier alpha value is -2.12. The Bertz CT molecular complexity index is 573. The zero-order chi connectivity index (χ0) is 16.2. The first kappa shape index (κ1) is 16.9. The SMILES string of the molecule is CC(=O)c1cc(Cl)cc(CN(CC(N)=O)CC(N)=O)c1O. The Morgan fingerprint density at radius 3 is 2.14 bits per heavy atom. The third-order valence-electron chi connectivity index (χ3n) is 2.69. The summed E-state index contributed by atoms with van der Waals surface area (Å²) in [6.07, 6.45) is 0. The van der Waals surface area contributed by atoms with Crippen molar-refractivity contribution in [2.45, 2.75) is 13.5 Å². The summed E-state index contributed by atoms with van der Waals surface area (Å²) in [6, 6.07) is 2.79. The normalized spacial score (nSPS) is 10.6. The van der Waals surface area contributed by atoms with Crippen LogP contribution in [0.1, 0.15) is 22.8 Å². The lowest BCUT2D eigenvalue weighted by Gasteiger charge is -2.20. The first-order valence-corrected chi connectivity index (χ1v) is 6.39. The molecule has 21 heavy (non-hydrogen) atoms. The lowest BCUT2D eigenvalue weighted by Crippen LogP contribution is -2.39. The van der Waals surface area contributed by atoms with Crippen molar-refractivity contribution in [3.05, 3.63) is 28.3 Å². The van der Waals surface area contributed by atoms with E-state index in [1.165, 1.54) is 24.0 Å². The summed E-state index contributed by atoms with van der Waals surface area (Å²) in [5, 5.41) is 10.3. The molecule has 0 aromatic heterocycles. The van der Waals surface area contributed by atoms with Crippen molar-refractivity contribution in [2.24, 2.45) is 11.5 Å². The Labute approximate surface area is 126 Å². The van der Waals surface area contributed by atoms with Gasteiger partial charge in [0.1, 0.15) is 5.75 Å². The van der Waals surface area contributed by atoms with Crippen LogP contribution in [0.25, 0.3) is 0 Å². The van der Waals surface area contributed by atoms with Gasteiger partial charge in [0, 0.05) is 17.1 Å². The van der Waals surface area contributed by atoms with E-state index in [0.717, 1.165) is 0 Å². The monoisotopic (exact) mass is 313 g/mol. The molecule has 0 atom stereocenters. The molecule has 114 valence electrons. The highest BCUT2D eigenvalue weighted by Gasteiger charge is 2.18. The molecule has 0 heterocycles. The van der Waals surface area contributed by atoms with E-state index in [9.17, 15) is 19.5 Å². The van der Waals surface area contributed by atoms with E-state index < -0.39 is 11.8 Å². The maximum absolute atomic E-state index is 11.4. The van der Waals surface area contributed by atoms with Gasteiger partial charge in [0.05, 0.1) is 18.7 Å². The molecule has 1 aromatic rings. The lowest BCUT2D eigenvalue weighted by molar-refractivity contribution is -0.122. The number of primary amides is 2. The van der Waals surface area contributed by atoms with E-state index in [0.29, 0.717) is 5.56 Å². The topological polar surface area (TPSA) is 127 Å². The van der Waals surface area contributed by atoms with Crippen molar-refractivity contribution < 1.29 is 19.5 Å². The number of carbonyl (C=O) groups is 3. The van der Waals surface area contributed by atoms with E-state index >= 15 is 0 Å². The van der Waals surface area contributed by atoms with E-state index in [1.54, 1.807) is 0 Å². The van der Waals surface area contributed by atoms with Gasteiger partial charge in [0.25, 0.3) is 0 Å². The Morgan fingerprint density at radius 1 is 1.19 bits per heavy atom. The summed E-state index contributed by atoms with van der Waals surface area (Å²) in [4.78, 5) is 34.8. The van der Waals surface area contributed by atoms with Crippen LogP contribution in [0.15, 0.2) is 12.1 Å². The third-order valence-corrected chi connectivity index (χ3v) is 2.90. The fourth-order valence-corrected chi connectivity index (χ4v) is 2.13. The Balaban J connectivity index is 3.10. The molecule has 0 aliphatic rings. The van der Waals surface area contributed by atoms with E-state index in [4.69, 9.17) is 23.1 Å². The van der Waals surface area contributed by atoms with Crippen LogP contribution in [0.2, 0.25) is 5.02 Å². The van der Waals surface area contributed by atoms with Crippen LogP contribution in [0.4, 0.5) is 0 Å². The average Bonchev–Trinajstić information content (AvgIpc) is 2.31. The number of ketones is 1. The minimum atomic E-state index is -0.649. The van der Waals surface area contributed by atoms with Gasteiger partial charge in [-0.2, -0.15) is 0 Å². The summed E-state index contributed by atoms with van der Waals surface area (Å²) in [7, 11) is 0. The molecule has 5 N–H and O–H groups in total. The quantitative estimate of drug-likeness (QED) is 0.612. The van der Waals surface area contributed by atoms with Gasteiger partial charge < -0.3 is 16.6 Å². The van der Waals surface area contributed by atoms with Crippen LogP contribution in [0.5, 0.6) is 5.75 Å². The van der Waals surface area contributed by atoms with Gasteiger partial charge in [-0.1, -0.05) is 11.6 Å². The predicted octanol–water partition coefficient (Wildman–Crippen LogP) is 0.0208. The van der Waals surface area contributed by atoms with E-state index in [1.807, 2.05) is 0 Å². The number of rotatable bonds is 7. The molecule has 7 nitrogen and oxygen atoms in total. The Kier molecular flexibility index (Phi) is 5.69. The molecule has 8 heteroatoms. The molecule has 0 aliphatic carbocycles. The molecule has 0 saturated carbocycles. The second-order valence-electron chi connectivity index (χ2n) is 4.60. The number of phenols is 1. The van der Waals surface area contributed by atoms with E-state index in [2.05, 4.69) is 0 Å². The molecule has 2 amide bonds. The zero-order valence-electron chi connectivity index (χ0n) is 11.4. The van der Waals surface area contributed by atoms with Gasteiger partial charge in [-0.25, -0.2) is 0 Å². The fraction of sp³-hybridized carbons (Fsp3) is 0.308. The molecule has 0 fully saturated rings. The molecule has 0 unspecified atom stereocenters. The number of carbonyl (C=O) groups excluding carboxylic acids is 3. The molecule has 0 spiro atoms. The second kappa shape index (κ2) is 7.05. The summed E-state index contributed by atoms with van der Waals surface area (Å²) in [5.41, 5.74) is 10.6. The summed E-state index contributed by atoms with van der Waals surface area (Å²) in [5.74, 6) is -1.90. The molecule has 1 aromatic carbocycles. The summed E-state index contributed by atoms with van der Waals surface area (Å²) < 4.78 is 0. The number of nitrogens with zero attached hydrogens (tertiary/aromatic N) is 1. The molecule has 0 saturated heterocycles. The van der Waals surface area contributed by atoms with Crippen molar-refractivity contribution in [3.63, 3.8) is 0 Å². The van der Waals surface area contributed by atoms with Gasteiger partial charge >= 0.3 is 0 Å². The van der Waals surface area contributed by atoms with Crippen LogP contribution in [0.3, 0.4) is 0 Å². The second-order valence-corrected chi connectivity index (χ2v) is 5.03. The number of hydrogen-bond donors (Lipinski definition) is 3. The van der Waals surface area contributed by atoms with Crippen molar-refractivity contribution in [1.82, 2.24) is 4.90 Å². The number of amides is 2. The highest BCUT2D eigenvalue weighted by Crippen LogP contribution is 2.28. The maximum Gasteiger partial charge on any atom is 0.231 e. The van der Waals surface area contributed by atoms with Crippen molar-refractivity contribution in [2.75, 3.05) is 13.1 Å². The van der Waals surface area contributed by atoms with E-state index in [-0.39, 0.29) is 41.8 Å². The number of Topliss-reactive ketones (excluding diaryl/α,β-unsaturated/α-hetero) is 1. The highest BCUT2D eigenvalue weighted by atomic mass is 35.5. The standard InChI is InChI=1S/C13H16ClN3O4/c1-7(18)10-3-9(14)2-8(13(10)21)4-17(5-11(15)19)6-12(16)20/h2-3,21H,4-6H2,1H3,(H2,15,19)(H2,16,20). The van der Waals surface area contributed by atoms with Gasteiger partial charge in [-0.3, -0.25) is 19.3 Å². The number of halogens is 1. The predicted molar refractivity (Wildman–Crippen MR) is 76.8 cm³/mol. The maximum atomic E-state index is 11.4. The summed E-state index contributed by atoms with van der Waals surface area (Å²) >= 11 is 5.90. The minimum Gasteiger partial charge on any atom is -0.507 e. The molecular weight excluding hydrogens is 298 g/mol. The van der Waals surface area contributed by atoms with Gasteiger partial charge in [-0.05, 0) is 19.1 Å². The number of benzene rings is 1. The average molecular weight is 314 g/mol. The molecule has 0 aliphatic heterocycles. The highest BCUT2D eigenvalue weighted by molar-refractivity contribution is 6.31. The first-order valence-electron chi connectivity index (χ1n) is 6.02. The smallest absolute Gasteiger partial charge is 0.231 e. The molecule has 0 bridgehead atoms. The summed E-state index contributed by atoms with van der Waals surface area (Å²) in [6.45, 7) is 0.854. The third kappa shape index (κ3) is 5.05. The number of nitrogens with two attached hydrogens (primary N) is 2. The van der Waals surface area contributed by atoms with Gasteiger partial charge in [-0.15, -0.1) is 0 Å². The zero-order valence-corrected chi connectivity index (χ0v) is 12.2. The van der Waals surface area contributed by atoms with Crippen LogP contribution in [-0.4, -0.2) is 40.7 Å². The minimum absolute atomic E-state index is 0.00144. The van der Waals surface area contributed by atoms with Crippen LogP contribution in [0, 0.1) is 0 Å². The number of phenolic OH excluding ortho intramolecular Hbond substituents is 1. The fourth-order valence-electron chi connectivity index (χ4n) is 1.89. The Morgan fingerprint density at radius 2 is 1.71 bits per heavy atom. The largest absolute Gasteiger partial charge is 0.507 e. The van der Waals surface area contributed by atoms with Crippen molar-refractivity contribution >= 4 is 29.2 Å². The number of aromatic hydroxyl groups is 1. The lowest BCUT2D eigenvalue weighted by atomic mass is 10.1. The molecule has 1 rings (SSSR count). The van der Waals surface area contributed by atoms with Crippen LogP contribution < -0.4 is 11.5 Å². The van der Waals surface area contributed by atoms with Crippen LogP contribution in [-0.2, 0) is 16.1 Å². The van der Waals surface area contributed by atoms with Crippen molar-refractivity contribution in [1.29, 1.82) is 0 Å². The first-order chi connectivity index (χ1) is 9.70. The molecule has 0 radical (unpaired) electrons. The number of hydrogen-bond acceptors (Lipinski definition) is 5. The van der Waals surface area contributed by atoms with Gasteiger partial charge in [0.15, 0.2) is 5.78 Å².